The van der Waals surface area contributed by atoms with E-state index in [1.165, 1.54) is 18.5 Å². The molecule has 0 bridgehead atoms. The summed E-state index contributed by atoms with van der Waals surface area (Å²) in [6, 6.07) is 1.80. The zero-order valence-electron chi connectivity index (χ0n) is 12.3. The van der Waals surface area contributed by atoms with E-state index in [1.807, 2.05) is 17.8 Å². The summed E-state index contributed by atoms with van der Waals surface area (Å²) in [6.45, 7) is 3.44. The Morgan fingerprint density at radius 3 is 2.95 bits per heavy atom. The van der Waals surface area contributed by atoms with Crippen molar-refractivity contribution >= 4 is 17.5 Å². The summed E-state index contributed by atoms with van der Waals surface area (Å²) in [5.41, 5.74) is 1.58. The lowest BCUT2D eigenvalue weighted by Crippen LogP contribution is -2.20. The Bertz CT molecular complexity index is 677. The minimum absolute atomic E-state index is 0.176. The number of carbonyl (C=O) groups is 1. The van der Waals surface area contributed by atoms with Crippen molar-refractivity contribution in [2.45, 2.75) is 25.8 Å². The molecule has 1 fully saturated rings. The van der Waals surface area contributed by atoms with Gasteiger partial charge in [-0.25, -0.2) is 4.79 Å². The maximum Gasteiger partial charge on any atom is 0.337 e. The van der Waals surface area contributed by atoms with Gasteiger partial charge in [0.05, 0.1) is 23.5 Å². The molecule has 7 heteroatoms. The molecule has 7 nitrogen and oxygen atoms in total. The SMILES string of the molecule is Cc1cn(C2CCOCC2)nc1Nc1cnccc1C(=O)O. The Hall–Kier alpha value is -2.41. The summed E-state index contributed by atoms with van der Waals surface area (Å²) >= 11 is 0. The fourth-order valence-electron chi connectivity index (χ4n) is 2.55. The lowest BCUT2D eigenvalue weighted by molar-refractivity contribution is 0.0662. The first-order chi connectivity index (χ1) is 10.6. The quantitative estimate of drug-likeness (QED) is 0.901. The van der Waals surface area contributed by atoms with E-state index in [9.17, 15) is 9.90 Å². The van der Waals surface area contributed by atoms with Crippen LogP contribution >= 0.6 is 0 Å². The number of aromatic nitrogens is 3. The van der Waals surface area contributed by atoms with Gasteiger partial charge in [-0.15, -0.1) is 0 Å². The van der Waals surface area contributed by atoms with Crippen molar-refractivity contribution in [1.82, 2.24) is 14.8 Å². The molecule has 0 saturated carbocycles. The number of hydrogen-bond acceptors (Lipinski definition) is 5. The van der Waals surface area contributed by atoms with Crippen molar-refractivity contribution in [3.8, 4) is 0 Å². The van der Waals surface area contributed by atoms with Gasteiger partial charge in [-0.1, -0.05) is 0 Å². The molecule has 22 heavy (non-hydrogen) atoms. The molecule has 1 aliphatic rings. The van der Waals surface area contributed by atoms with Gasteiger partial charge >= 0.3 is 5.97 Å². The summed E-state index contributed by atoms with van der Waals surface area (Å²) in [5, 5.41) is 16.8. The molecular weight excluding hydrogens is 284 g/mol. The van der Waals surface area contributed by atoms with Crippen LogP contribution in [0, 0.1) is 6.92 Å². The van der Waals surface area contributed by atoms with Crippen molar-refractivity contribution in [3.05, 3.63) is 35.8 Å². The van der Waals surface area contributed by atoms with Crippen LogP contribution in [0.4, 0.5) is 11.5 Å². The van der Waals surface area contributed by atoms with Gasteiger partial charge in [-0.05, 0) is 25.8 Å². The van der Waals surface area contributed by atoms with Gasteiger partial charge in [-0.3, -0.25) is 9.67 Å². The first-order valence-electron chi connectivity index (χ1n) is 7.23. The minimum atomic E-state index is -0.994. The molecule has 116 valence electrons. The predicted molar refractivity (Wildman–Crippen MR) is 80.5 cm³/mol. The highest BCUT2D eigenvalue weighted by Gasteiger charge is 2.19. The number of aryl methyl sites for hydroxylation is 1. The van der Waals surface area contributed by atoms with Gasteiger partial charge < -0.3 is 15.2 Å². The number of pyridine rings is 1. The molecule has 1 aliphatic heterocycles. The highest BCUT2D eigenvalue weighted by Crippen LogP contribution is 2.26. The van der Waals surface area contributed by atoms with Gasteiger partial charge in [0.2, 0.25) is 0 Å². The van der Waals surface area contributed by atoms with E-state index in [4.69, 9.17) is 4.74 Å². The van der Waals surface area contributed by atoms with Crippen LogP contribution in [0.2, 0.25) is 0 Å². The molecule has 2 aromatic heterocycles. The molecule has 2 N–H and O–H groups in total. The van der Waals surface area contributed by atoms with Crippen LogP contribution in [-0.4, -0.2) is 39.1 Å². The smallest absolute Gasteiger partial charge is 0.337 e. The number of nitrogens with zero attached hydrogens (tertiary/aromatic N) is 3. The topological polar surface area (TPSA) is 89.3 Å². The van der Waals surface area contributed by atoms with Crippen molar-refractivity contribution in [3.63, 3.8) is 0 Å². The second-order valence-electron chi connectivity index (χ2n) is 5.34. The van der Waals surface area contributed by atoms with Crippen LogP contribution in [-0.2, 0) is 4.74 Å². The standard InChI is InChI=1S/C15H18N4O3/c1-10-9-19(11-3-6-22-7-4-11)18-14(10)17-13-8-16-5-2-12(13)15(20)21/h2,5,8-9,11H,3-4,6-7H2,1H3,(H,17,18)(H,20,21). The molecule has 0 unspecified atom stereocenters. The molecule has 0 aliphatic carbocycles. The Balaban J connectivity index is 1.84. The third-order valence-corrected chi connectivity index (χ3v) is 3.78. The number of hydrogen-bond donors (Lipinski definition) is 2. The molecular formula is C15H18N4O3. The van der Waals surface area contributed by atoms with Crippen LogP contribution in [0.25, 0.3) is 0 Å². The zero-order valence-corrected chi connectivity index (χ0v) is 12.3. The summed E-state index contributed by atoms with van der Waals surface area (Å²) in [6.07, 6.45) is 6.81. The van der Waals surface area contributed by atoms with Crippen LogP contribution in [0.3, 0.4) is 0 Å². The van der Waals surface area contributed by atoms with E-state index in [2.05, 4.69) is 15.4 Å². The summed E-state index contributed by atoms with van der Waals surface area (Å²) < 4.78 is 7.31. The van der Waals surface area contributed by atoms with Gasteiger partial charge in [0, 0.05) is 31.2 Å². The molecule has 0 radical (unpaired) electrons. The van der Waals surface area contributed by atoms with E-state index in [0.717, 1.165) is 31.6 Å². The number of carboxylic acid groups (broad SMARTS) is 1. The molecule has 0 aromatic carbocycles. The highest BCUT2D eigenvalue weighted by molar-refractivity contribution is 5.94. The Morgan fingerprint density at radius 1 is 1.45 bits per heavy atom. The number of ether oxygens (including phenoxy) is 1. The van der Waals surface area contributed by atoms with Gasteiger partial charge in [0.25, 0.3) is 0 Å². The van der Waals surface area contributed by atoms with Crippen molar-refractivity contribution in [2.75, 3.05) is 18.5 Å². The Kier molecular flexibility index (Phi) is 4.06. The third kappa shape index (κ3) is 2.94. The number of nitrogens with one attached hydrogen (secondary N) is 1. The van der Waals surface area contributed by atoms with Crippen molar-refractivity contribution < 1.29 is 14.6 Å². The molecule has 1 saturated heterocycles. The van der Waals surface area contributed by atoms with Crippen LogP contribution in [0.5, 0.6) is 0 Å². The Morgan fingerprint density at radius 2 is 2.23 bits per heavy atom. The van der Waals surface area contributed by atoms with Gasteiger partial charge in [-0.2, -0.15) is 5.10 Å². The third-order valence-electron chi connectivity index (χ3n) is 3.78. The van der Waals surface area contributed by atoms with Crippen LogP contribution in [0.15, 0.2) is 24.7 Å². The molecule has 3 heterocycles. The minimum Gasteiger partial charge on any atom is -0.478 e. The number of rotatable bonds is 4. The molecule has 2 aromatic rings. The average molecular weight is 302 g/mol. The van der Waals surface area contributed by atoms with Gasteiger partial charge in [0.1, 0.15) is 0 Å². The van der Waals surface area contributed by atoms with E-state index in [-0.39, 0.29) is 5.56 Å². The Labute approximate surface area is 127 Å². The fourth-order valence-corrected chi connectivity index (χ4v) is 2.55. The molecule has 3 rings (SSSR count). The first-order valence-corrected chi connectivity index (χ1v) is 7.23. The predicted octanol–water partition coefficient (Wildman–Crippen LogP) is 2.38. The van der Waals surface area contributed by atoms with Crippen LogP contribution < -0.4 is 5.32 Å². The lowest BCUT2D eigenvalue weighted by Gasteiger charge is -2.22. The monoisotopic (exact) mass is 302 g/mol. The number of aromatic carboxylic acids is 1. The average Bonchev–Trinajstić information content (AvgIpc) is 2.90. The van der Waals surface area contributed by atoms with E-state index in [1.54, 1.807) is 0 Å². The second kappa shape index (κ2) is 6.15. The van der Waals surface area contributed by atoms with Crippen molar-refractivity contribution in [1.29, 1.82) is 0 Å². The first kappa shape index (κ1) is 14.5. The number of anilines is 2. The van der Waals surface area contributed by atoms with Crippen molar-refractivity contribution in [2.24, 2.45) is 0 Å². The zero-order chi connectivity index (χ0) is 15.5. The highest BCUT2D eigenvalue weighted by atomic mass is 16.5. The molecule has 0 spiro atoms. The summed E-state index contributed by atoms with van der Waals surface area (Å²) in [7, 11) is 0. The molecule has 0 amide bonds. The maximum absolute atomic E-state index is 11.2. The second-order valence-corrected chi connectivity index (χ2v) is 5.34. The number of carboxylic acids is 1. The van der Waals surface area contributed by atoms with E-state index in [0.29, 0.717) is 17.5 Å². The summed E-state index contributed by atoms with van der Waals surface area (Å²) in [5.74, 6) is -0.339. The largest absolute Gasteiger partial charge is 0.478 e. The molecule has 0 atom stereocenters. The fraction of sp³-hybridized carbons (Fsp3) is 0.400. The summed E-state index contributed by atoms with van der Waals surface area (Å²) in [4.78, 5) is 15.2. The van der Waals surface area contributed by atoms with Gasteiger partial charge in [0.15, 0.2) is 5.82 Å². The normalized spacial score (nSPS) is 15.7. The van der Waals surface area contributed by atoms with E-state index >= 15 is 0 Å². The van der Waals surface area contributed by atoms with Crippen LogP contribution in [0.1, 0.15) is 34.8 Å². The maximum atomic E-state index is 11.2. The lowest BCUT2D eigenvalue weighted by atomic mass is 10.1. The van der Waals surface area contributed by atoms with E-state index < -0.39 is 5.97 Å².